The van der Waals surface area contributed by atoms with E-state index in [0.29, 0.717) is 28.7 Å². The van der Waals surface area contributed by atoms with Crippen molar-refractivity contribution in [2.75, 3.05) is 7.11 Å². The summed E-state index contributed by atoms with van der Waals surface area (Å²) in [5, 5.41) is 3.30. The van der Waals surface area contributed by atoms with E-state index in [4.69, 9.17) is 4.74 Å². The van der Waals surface area contributed by atoms with E-state index in [2.05, 4.69) is 35.1 Å². The molecule has 0 heterocycles. The zero-order chi connectivity index (χ0) is 12.8. The number of benzene rings is 1. The fourth-order valence-electron chi connectivity index (χ4n) is 1.65. The van der Waals surface area contributed by atoms with Crippen molar-refractivity contribution in [3.8, 4) is 5.75 Å². The first-order valence-electron chi connectivity index (χ1n) is 5.72. The molecule has 2 atom stereocenters. The fraction of sp³-hybridized carbons (Fsp3) is 0.538. The van der Waals surface area contributed by atoms with Crippen molar-refractivity contribution in [2.45, 2.75) is 37.7 Å². The van der Waals surface area contributed by atoms with Crippen molar-refractivity contribution >= 4 is 15.9 Å². The van der Waals surface area contributed by atoms with E-state index in [1.54, 1.807) is 12.1 Å². The molecule has 2 unspecified atom stereocenters. The third-order valence-electron chi connectivity index (χ3n) is 2.58. The van der Waals surface area contributed by atoms with Crippen LogP contribution in [0.2, 0.25) is 0 Å². The number of hydrogen-bond acceptors (Lipinski definition) is 2. The molecule has 0 spiro atoms. The van der Waals surface area contributed by atoms with Crippen molar-refractivity contribution in [3.63, 3.8) is 0 Å². The molecule has 1 N–H and O–H groups in total. The average Bonchev–Trinajstić information content (AvgIpc) is 2.26. The summed E-state index contributed by atoms with van der Waals surface area (Å²) in [5.41, 5.74) is 0.667. The van der Waals surface area contributed by atoms with Crippen LogP contribution in [0.5, 0.6) is 5.75 Å². The maximum atomic E-state index is 13.6. The second-order valence-electron chi connectivity index (χ2n) is 4.26. The van der Waals surface area contributed by atoms with Crippen LogP contribution >= 0.6 is 15.9 Å². The van der Waals surface area contributed by atoms with Gasteiger partial charge in [0.15, 0.2) is 0 Å². The van der Waals surface area contributed by atoms with Gasteiger partial charge in [-0.1, -0.05) is 28.9 Å². The average molecular weight is 304 g/mol. The molecular weight excluding hydrogens is 285 g/mol. The summed E-state index contributed by atoms with van der Waals surface area (Å²) in [6.07, 6.45) is 1.01. The molecule has 0 saturated heterocycles. The molecule has 2 nitrogen and oxygen atoms in total. The van der Waals surface area contributed by atoms with Crippen LogP contribution in [0.3, 0.4) is 0 Å². The van der Waals surface area contributed by atoms with Gasteiger partial charge in [0.2, 0.25) is 0 Å². The van der Waals surface area contributed by atoms with Gasteiger partial charge in [0.25, 0.3) is 0 Å². The Hall–Kier alpha value is -0.610. The molecule has 0 bridgehead atoms. The predicted molar refractivity (Wildman–Crippen MR) is 72.3 cm³/mol. The van der Waals surface area contributed by atoms with Gasteiger partial charge in [-0.05, 0) is 19.4 Å². The van der Waals surface area contributed by atoms with Crippen molar-refractivity contribution < 1.29 is 9.13 Å². The quantitative estimate of drug-likeness (QED) is 0.812. The van der Waals surface area contributed by atoms with Crippen LogP contribution in [0.1, 0.15) is 25.8 Å². The third-order valence-corrected chi connectivity index (χ3v) is 2.95. The third kappa shape index (κ3) is 5.04. The molecule has 0 aromatic heterocycles. The molecule has 0 aliphatic heterocycles. The van der Waals surface area contributed by atoms with E-state index >= 15 is 0 Å². The first-order valence-corrected chi connectivity index (χ1v) is 6.64. The van der Waals surface area contributed by atoms with Crippen molar-refractivity contribution in [1.29, 1.82) is 0 Å². The Morgan fingerprint density at radius 1 is 1.41 bits per heavy atom. The summed E-state index contributed by atoms with van der Waals surface area (Å²) in [6, 6.07) is 5.30. The highest BCUT2D eigenvalue weighted by molar-refractivity contribution is 9.09. The van der Waals surface area contributed by atoms with Gasteiger partial charge in [-0.25, -0.2) is 4.39 Å². The number of halogens is 2. The summed E-state index contributed by atoms with van der Waals surface area (Å²) in [5.74, 6) is 0.323. The Kier molecular flexibility index (Phi) is 5.92. The first kappa shape index (κ1) is 14.5. The lowest BCUT2D eigenvalue weighted by Crippen LogP contribution is -2.27. The minimum atomic E-state index is -0.226. The zero-order valence-corrected chi connectivity index (χ0v) is 12.1. The number of hydrogen-bond donors (Lipinski definition) is 1. The van der Waals surface area contributed by atoms with Crippen LogP contribution in [-0.4, -0.2) is 18.0 Å². The number of methoxy groups -OCH3 is 1. The lowest BCUT2D eigenvalue weighted by Gasteiger charge is -2.15. The SMILES string of the molecule is COc1ccc(CNC(C)CC(C)Br)c(F)c1. The Balaban J connectivity index is 2.51. The maximum Gasteiger partial charge on any atom is 0.131 e. The van der Waals surface area contributed by atoms with E-state index in [0.717, 1.165) is 6.42 Å². The van der Waals surface area contributed by atoms with Crippen LogP contribution < -0.4 is 10.1 Å². The number of rotatable bonds is 6. The molecule has 1 aromatic carbocycles. The second kappa shape index (κ2) is 6.97. The van der Waals surface area contributed by atoms with E-state index in [1.807, 2.05) is 0 Å². The normalized spacial score (nSPS) is 14.4. The molecule has 4 heteroatoms. The Labute approximate surface area is 111 Å². The number of nitrogens with one attached hydrogen (secondary N) is 1. The molecule has 0 fully saturated rings. The summed E-state index contributed by atoms with van der Waals surface area (Å²) in [6.45, 7) is 4.74. The number of alkyl halides is 1. The molecule has 0 radical (unpaired) electrons. The van der Waals surface area contributed by atoms with Crippen molar-refractivity contribution in [3.05, 3.63) is 29.6 Å². The molecule has 0 saturated carbocycles. The van der Waals surface area contributed by atoms with Gasteiger partial charge in [0.1, 0.15) is 11.6 Å². The van der Waals surface area contributed by atoms with Gasteiger partial charge in [0.05, 0.1) is 7.11 Å². The smallest absolute Gasteiger partial charge is 0.131 e. The lowest BCUT2D eigenvalue weighted by atomic mass is 10.1. The number of ether oxygens (including phenoxy) is 1. The van der Waals surface area contributed by atoms with Gasteiger partial charge < -0.3 is 10.1 Å². The Morgan fingerprint density at radius 3 is 2.65 bits per heavy atom. The van der Waals surface area contributed by atoms with Crippen LogP contribution in [0.25, 0.3) is 0 Å². The molecule has 0 aliphatic carbocycles. The molecule has 17 heavy (non-hydrogen) atoms. The van der Waals surface area contributed by atoms with Crippen molar-refractivity contribution in [2.24, 2.45) is 0 Å². The van der Waals surface area contributed by atoms with Gasteiger partial charge >= 0.3 is 0 Å². The first-order chi connectivity index (χ1) is 8.02. The molecule has 0 aliphatic rings. The van der Waals surface area contributed by atoms with Gasteiger partial charge in [-0.3, -0.25) is 0 Å². The molecule has 0 amide bonds. The summed E-state index contributed by atoms with van der Waals surface area (Å²) in [7, 11) is 1.53. The molecular formula is C13H19BrFNO. The topological polar surface area (TPSA) is 21.3 Å². The zero-order valence-electron chi connectivity index (χ0n) is 10.5. The minimum absolute atomic E-state index is 0.226. The van der Waals surface area contributed by atoms with Gasteiger partial charge in [-0.2, -0.15) is 0 Å². The predicted octanol–water partition coefficient (Wildman–Crippen LogP) is 3.49. The monoisotopic (exact) mass is 303 g/mol. The summed E-state index contributed by atoms with van der Waals surface area (Å²) < 4.78 is 18.6. The summed E-state index contributed by atoms with van der Waals surface area (Å²) in [4.78, 5) is 0.464. The Bertz CT molecular complexity index is 357. The van der Waals surface area contributed by atoms with Gasteiger partial charge in [0, 0.05) is 29.0 Å². The highest BCUT2D eigenvalue weighted by Crippen LogP contribution is 2.16. The van der Waals surface area contributed by atoms with Crippen LogP contribution in [-0.2, 0) is 6.54 Å². The molecule has 1 aromatic rings. The van der Waals surface area contributed by atoms with E-state index in [-0.39, 0.29) is 5.82 Å². The van der Waals surface area contributed by atoms with E-state index in [1.165, 1.54) is 13.2 Å². The van der Waals surface area contributed by atoms with E-state index < -0.39 is 0 Å². The Morgan fingerprint density at radius 2 is 2.12 bits per heavy atom. The lowest BCUT2D eigenvalue weighted by molar-refractivity contribution is 0.410. The maximum absolute atomic E-state index is 13.6. The van der Waals surface area contributed by atoms with Crippen molar-refractivity contribution in [1.82, 2.24) is 5.32 Å². The van der Waals surface area contributed by atoms with E-state index in [9.17, 15) is 4.39 Å². The van der Waals surface area contributed by atoms with Crippen LogP contribution in [0, 0.1) is 5.82 Å². The molecule has 96 valence electrons. The minimum Gasteiger partial charge on any atom is -0.497 e. The second-order valence-corrected chi connectivity index (χ2v) is 5.82. The highest BCUT2D eigenvalue weighted by atomic mass is 79.9. The highest BCUT2D eigenvalue weighted by Gasteiger charge is 2.08. The van der Waals surface area contributed by atoms with Crippen LogP contribution in [0.4, 0.5) is 4.39 Å². The fourth-order valence-corrected chi connectivity index (χ4v) is 2.21. The summed E-state index contributed by atoms with van der Waals surface area (Å²) >= 11 is 3.50. The van der Waals surface area contributed by atoms with Crippen LogP contribution in [0.15, 0.2) is 18.2 Å². The molecule has 1 rings (SSSR count). The van der Waals surface area contributed by atoms with Gasteiger partial charge in [-0.15, -0.1) is 0 Å². The largest absolute Gasteiger partial charge is 0.497 e. The standard InChI is InChI=1S/C13H19BrFNO/c1-9(14)6-10(2)16-8-11-4-5-12(17-3)7-13(11)15/h4-5,7,9-10,16H,6,8H2,1-3H3.